The first-order valence-electron chi connectivity index (χ1n) is 24.9. The number of thiazole rings is 2. The van der Waals surface area contributed by atoms with Gasteiger partial charge in [0.25, 0.3) is 0 Å². The van der Waals surface area contributed by atoms with Gasteiger partial charge in [0.2, 0.25) is 0 Å². The summed E-state index contributed by atoms with van der Waals surface area (Å²) in [6.07, 6.45) is 3.66. The summed E-state index contributed by atoms with van der Waals surface area (Å²) in [7, 11) is 0. The van der Waals surface area contributed by atoms with Crippen LogP contribution in [0, 0.1) is 27.7 Å². The molecule has 24 heteroatoms. The van der Waals surface area contributed by atoms with Gasteiger partial charge in [0, 0.05) is 143 Å². The average Bonchev–Trinajstić information content (AvgIpc) is 4.16. The van der Waals surface area contributed by atoms with Crippen LogP contribution in [0.4, 0.5) is 0 Å². The van der Waals surface area contributed by atoms with Crippen molar-refractivity contribution in [2.24, 2.45) is 9.98 Å². The minimum atomic E-state index is -1.13. The molecule has 4 aromatic rings. The van der Waals surface area contributed by atoms with Crippen molar-refractivity contribution < 1.29 is 104 Å². The Morgan fingerprint density at radius 1 is 0.637 bits per heavy atom. The monoisotopic (exact) mass is 1430 g/mol. The molecule has 80 heavy (non-hydrogen) atoms. The molecule has 0 unspecified atom stereocenters. The van der Waals surface area contributed by atoms with E-state index in [4.69, 9.17) is 75.3 Å². The number of unbranched alkanes of at least 4 members (excludes halogenated alkanes) is 2. The van der Waals surface area contributed by atoms with Crippen molar-refractivity contribution in [3.63, 3.8) is 0 Å². The number of alkyl halides is 1. The molecule has 4 heterocycles. The first kappa shape index (κ1) is 79.9. The molecule has 0 fully saturated rings. The number of carbonyl (C=O) groups excluding carboxylic acids is 4. The van der Waals surface area contributed by atoms with Gasteiger partial charge in [0.1, 0.15) is 12.1 Å². The Kier molecular flexibility index (Phi) is 42.5. The number of hydrogen-bond acceptors (Lipinski definition) is 17. The van der Waals surface area contributed by atoms with Crippen LogP contribution >= 0.6 is 85.0 Å². The normalized spacial score (nSPS) is 14.9. The number of hydrogen-bond donors (Lipinski definition) is 2. The molecule has 4 atom stereocenters. The second kappa shape index (κ2) is 42.6. The van der Waals surface area contributed by atoms with Gasteiger partial charge in [0.15, 0.2) is 33.9 Å². The number of aliphatic imine (C=N–C) groups is 2. The van der Waals surface area contributed by atoms with E-state index in [1.54, 1.807) is 76.5 Å². The summed E-state index contributed by atoms with van der Waals surface area (Å²) in [6.45, 7) is 34.2. The predicted octanol–water partition coefficient (Wildman–Crippen LogP) is 14.2. The maximum atomic E-state index is 13.6. The van der Waals surface area contributed by atoms with Gasteiger partial charge >= 0.3 is 23.9 Å². The number of aromatic nitrogens is 2. The van der Waals surface area contributed by atoms with Gasteiger partial charge < -0.3 is 62.2 Å². The summed E-state index contributed by atoms with van der Waals surface area (Å²) in [6, 6.07) is 8.29. The summed E-state index contributed by atoms with van der Waals surface area (Å²) in [5.74, 6) is -1.74. The number of allylic oxidation sites excluding steroid dienone is 1. The van der Waals surface area contributed by atoms with Crippen molar-refractivity contribution in [3.8, 4) is 0 Å². The Balaban J connectivity index is 0. The van der Waals surface area contributed by atoms with Gasteiger partial charge in [-0.3, -0.25) is 9.98 Å². The Labute approximate surface area is 561 Å². The molecule has 0 spiro atoms. The maximum Gasteiger partial charge on any atom is 0.347 e. The molecule has 0 aliphatic carbocycles. The average molecular weight is 1440 g/mol. The smallest absolute Gasteiger partial charge is 0.347 e. The van der Waals surface area contributed by atoms with Crippen LogP contribution in [-0.4, -0.2) is 99.8 Å². The number of esters is 4. The SMILES string of the molecule is C.CC.CC.CC(C)OC(=O)[C@@H](C)OC(=O)C1=C(CBr)NC(c2nccs2)=N[C@H]1c1ccc(Cl)cc1Cl.[CH2-]CCC[CH2-].[CH2-]CN(C[CH2-])CC1=C(C(=O)O[C@H](C)C(=O)OC(C)C)[C@H](c2ccc(Cl)cc2Cl)N=C(c2nccs2)N1.[Y].[Y]. The fourth-order valence-corrected chi connectivity index (χ4v) is 9.21. The fourth-order valence-electron chi connectivity index (χ4n) is 6.57. The van der Waals surface area contributed by atoms with Crippen LogP contribution in [-0.2, 0) is 104 Å². The largest absolute Gasteiger partial charge is 0.460 e. The van der Waals surface area contributed by atoms with E-state index in [9.17, 15) is 19.2 Å². The molecule has 2 N–H and O–H groups in total. The van der Waals surface area contributed by atoms with E-state index in [1.807, 2.05) is 43.4 Å². The zero-order chi connectivity index (χ0) is 57.9. The number of nitrogens with one attached hydrogen (secondary N) is 2. The van der Waals surface area contributed by atoms with Gasteiger partial charge in [-0.25, -0.2) is 29.1 Å². The Morgan fingerprint density at radius 3 is 1.31 bits per heavy atom. The molecule has 2 aromatic carbocycles. The maximum absolute atomic E-state index is 13.6. The van der Waals surface area contributed by atoms with E-state index in [2.05, 4.69) is 64.2 Å². The number of carbonyl (C=O) groups is 4. The Hall–Kier alpha value is -2.19. The summed E-state index contributed by atoms with van der Waals surface area (Å²) >= 11 is 31.4. The number of benzene rings is 2. The van der Waals surface area contributed by atoms with Gasteiger partial charge in [-0.2, -0.15) is 12.8 Å². The van der Waals surface area contributed by atoms with E-state index in [1.165, 1.54) is 42.9 Å². The Morgan fingerprint density at radius 2 is 1.01 bits per heavy atom. The number of ether oxygens (including phenoxy) is 4. The molecule has 6 rings (SSSR count). The predicted molar refractivity (Wildman–Crippen MR) is 325 cm³/mol. The molecule has 438 valence electrons. The van der Waals surface area contributed by atoms with Crippen molar-refractivity contribution >= 4 is 121 Å². The van der Waals surface area contributed by atoms with E-state index < -0.39 is 48.2 Å². The van der Waals surface area contributed by atoms with Gasteiger partial charge in [-0.15, -0.1) is 42.2 Å². The minimum Gasteiger partial charge on any atom is -0.460 e. The van der Waals surface area contributed by atoms with Crippen LogP contribution in [0.3, 0.4) is 0 Å². The molecule has 2 aliphatic heterocycles. The third-order valence-corrected chi connectivity index (χ3v) is 13.3. The molecule has 2 radical (unpaired) electrons. The van der Waals surface area contributed by atoms with Crippen molar-refractivity contribution in [3.05, 3.63) is 151 Å². The molecule has 0 saturated heterocycles. The minimum absolute atomic E-state index is 0. The molecule has 0 amide bonds. The fraction of sp³-hybridized carbons (Fsp3) is 0.429. The number of halogens is 5. The third kappa shape index (κ3) is 25.2. The molecule has 15 nitrogen and oxygen atoms in total. The topological polar surface area (TPSA) is 183 Å². The van der Waals surface area contributed by atoms with Crippen LogP contribution in [0.25, 0.3) is 0 Å². The number of nitrogens with zero attached hydrogens (tertiary/aromatic N) is 5. The summed E-state index contributed by atoms with van der Waals surface area (Å²) in [5, 5.41) is 13.2. The van der Waals surface area contributed by atoms with E-state index in [-0.39, 0.29) is 96.2 Å². The Bertz CT molecular complexity index is 2640. The van der Waals surface area contributed by atoms with Gasteiger partial charge in [-0.05, 0) is 65.8 Å². The molecule has 2 aliphatic rings. The van der Waals surface area contributed by atoms with Crippen molar-refractivity contribution in [2.75, 3.05) is 25.0 Å². The quantitative estimate of drug-likeness (QED) is 0.0392. The van der Waals surface area contributed by atoms with Gasteiger partial charge in [-0.1, -0.05) is 110 Å². The molecule has 0 saturated carbocycles. The van der Waals surface area contributed by atoms with Crippen LogP contribution in [0.2, 0.25) is 20.1 Å². The van der Waals surface area contributed by atoms with Gasteiger partial charge in [0.05, 0.1) is 23.4 Å². The standard InChI is InChI=1S/C25H28Cl2N4O4S.C21H20BrCl2N3O4S.C5H10.2C2H6.CH4.2Y/c1-6-31(7-2)13-19-20(25(33)35-15(5)24(32)34-14(3)4)21(17-9-8-16(26)12-18(17)27)30-22(29-19)23-28-10-11-36-23;1-10(2)30-20(28)11(3)31-21(29)16-15(9-22)26-18(19-25-6-7-32-19)27-17(16)13-5-4-12(23)8-14(13)24;1-3-5-4-2;2*1-2;;;/h8-12,14-15,21H,1-2,6-7,13H2,3-5H3,(H,29,30);4-8,10-11,17H,9H2,1-3H3,(H,26,27);1-5H2;2*1-2H3;1H4;;/q-2;;-2;;;;;/t15-,21+;11-,17+;;;;;;/m11....../s1. The van der Waals surface area contributed by atoms with E-state index >= 15 is 0 Å². The van der Waals surface area contributed by atoms with Crippen LogP contribution in [0.15, 0.2) is 92.1 Å². The van der Waals surface area contributed by atoms with Crippen LogP contribution in [0.5, 0.6) is 0 Å². The van der Waals surface area contributed by atoms with Crippen LogP contribution < -0.4 is 10.6 Å². The van der Waals surface area contributed by atoms with Crippen LogP contribution in [0.1, 0.15) is 129 Å². The van der Waals surface area contributed by atoms with Crippen molar-refractivity contribution in [1.82, 2.24) is 25.5 Å². The summed E-state index contributed by atoms with van der Waals surface area (Å²) in [5.41, 5.74) is 2.58. The van der Waals surface area contributed by atoms with E-state index in [0.717, 1.165) is 12.8 Å². The summed E-state index contributed by atoms with van der Waals surface area (Å²) in [4.78, 5) is 71.4. The first-order valence-corrected chi connectivity index (χ1v) is 29.3. The molecular weight excluding hydrogens is 1360 g/mol. The molecule has 2 aromatic heterocycles. The summed E-state index contributed by atoms with van der Waals surface area (Å²) < 4.78 is 21.3. The molecule has 0 bridgehead atoms. The zero-order valence-corrected chi connectivity index (χ0v) is 58.3. The third-order valence-electron chi connectivity index (χ3n) is 10.1. The molecular formula is C56H74BrCl4N7O8S2Y2-4. The first-order chi connectivity index (χ1) is 36.8. The second-order valence-electron chi connectivity index (χ2n) is 16.3. The number of rotatable bonds is 19. The number of amidine groups is 2. The van der Waals surface area contributed by atoms with E-state index in [0.29, 0.717) is 89.3 Å². The zero-order valence-electron chi connectivity index (χ0n) is 46.4. The van der Waals surface area contributed by atoms with Crippen molar-refractivity contribution in [2.45, 2.75) is 132 Å². The van der Waals surface area contributed by atoms with Crippen molar-refractivity contribution in [1.29, 1.82) is 0 Å². The second-order valence-corrected chi connectivity index (χ2v) is 20.4.